The Morgan fingerprint density at radius 2 is 1.87 bits per heavy atom. The number of nitrogens with one attached hydrogen (secondary N) is 1. The Balaban J connectivity index is 1.84. The molecule has 0 fully saturated rings. The summed E-state index contributed by atoms with van der Waals surface area (Å²) in [4.78, 5) is 45.8. The molecule has 0 saturated carbocycles. The number of amides is 2. The molecular weight excluding hydrogens is 484 g/mol. The summed E-state index contributed by atoms with van der Waals surface area (Å²) in [5, 5.41) is 11.4. The maximum atomic E-state index is 14.1. The Labute approximate surface area is 220 Å². The molecule has 2 heterocycles. The molecule has 0 unspecified atom stereocenters. The van der Waals surface area contributed by atoms with E-state index in [1.54, 1.807) is 48.8 Å². The summed E-state index contributed by atoms with van der Waals surface area (Å²) < 4.78 is 6.37. The monoisotopic (exact) mass is 514 g/mol. The predicted molar refractivity (Wildman–Crippen MR) is 142 cm³/mol. The van der Waals surface area contributed by atoms with E-state index in [-0.39, 0.29) is 18.0 Å². The van der Waals surface area contributed by atoms with Gasteiger partial charge in [-0.05, 0) is 56.7 Å². The standard InChI is InChI=1S/C28H30N6O4/c1-5-28(2,3)30-26(36)25(20-11-9-15-29-17-20)34(21-12-8-10-19(16-21)27(37)38-4)24(35)18-33-23-14-7-6-13-22(23)31-32-33/h6-17,25H,5,18H2,1-4H3,(H,30,36)/t25-/m1/s1. The summed E-state index contributed by atoms with van der Waals surface area (Å²) >= 11 is 0. The number of aromatic nitrogens is 4. The van der Waals surface area contributed by atoms with E-state index in [1.165, 1.54) is 22.8 Å². The molecule has 196 valence electrons. The maximum Gasteiger partial charge on any atom is 0.337 e. The van der Waals surface area contributed by atoms with Crippen molar-refractivity contribution < 1.29 is 19.1 Å². The lowest BCUT2D eigenvalue weighted by atomic mass is 9.98. The first-order chi connectivity index (χ1) is 18.2. The largest absolute Gasteiger partial charge is 0.465 e. The zero-order chi connectivity index (χ0) is 27.3. The van der Waals surface area contributed by atoms with Crippen molar-refractivity contribution in [3.8, 4) is 0 Å². The van der Waals surface area contributed by atoms with Crippen LogP contribution < -0.4 is 10.2 Å². The molecule has 0 aliphatic rings. The van der Waals surface area contributed by atoms with Gasteiger partial charge in [0.2, 0.25) is 11.8 Å². The lowest BCUT2D eigenvalue weighted by Gasteiger charge is -2.34. The highest BCUT2D eigenvalue weighted by Crippen LogP contribution is 2.30. The average molecular weight is 515 g/mol. The van der Waals surface area contributed by atoms with Crippen LogP contribution in [0.1, 0.15) is 49.2 Å². The van der Waals surface area contributed by atoms with E-state index in [1.807, 2.05) is 39.0 Å². The molecule has 2 aromatic heterocycles. The third-order valence-electron chi connectivity index (χ3n) is 6.37. The highest BCUT2D eigenvalue weighted by molar-refractivity contribution is 6.02. The lowest BCUT2D eigenvalue weighted by molar-refractivity contribution is -0.128. The smallest absolute Gasteiger partial charge is 0.337 e. The number of rotatable bonds is 9. The second-order valence-electron chi connectivity index (χ2n) is 9.46. The molecule has 10 heteroatoms. The summed E-state index contributed by atoms with van der Waals surface area (Å²) in [6.45, 7) is 5.61. The molecule has 0 aliphatic carbocycles. The molecule has 0 aliphatic heterocycles. The number of fused-ring (bicyclic) bond motifs is 1. The molecule has 4 rings (SSSR count). The minimum atomic E-state index is -1.08. The van der Waals surface area contributed by atoms with Crippen LogP contribution in [0.4, 0.5) is 5.69 Å². The number of hydrogen-bond acceptors (Lipinski definition) is 7. The highest BCUT2D eigenvalue weighted by Gasteiger charge is 2.35. The van der Waals surface area contributed by atoms with Crippen LogP contribution in [0.3, 0.4) is 0 Å². The molecule has 4 aromatic rings. The average Bonchev–Trinajstić information content (AvgIpc) is 3.33. The minimum Gasteiger partial charge on any atom is -0.465 e. The molecule has 10 nitrogen and oxygen atoms in total. The van der Waals surface area contributed by atoms with Crippen LogP contribution >= 0.6 is 0 Å². The van der Waals surface area contributed by atoms with Gasteiger partial charge in [-0.25, -0.2) is 9.48 Å². The maximum absolute atomic E-state index is 14.1. The quantitative estimate of drug-likeness (QED) is 0.338. The number of nitrogens with zero attached hydrogens (tertiary/aromatic N) is 5. The Hall–Kier alpha value is -4.60. The van der Waals surface area contributed by atoms with Gasteiger partial charge in [-0.15, -0.1) is 5.10 Å². The second-order valence-corrected chi connectivity index (χ2v) is 9.46. The zero-order valence-corrected chi connectivity index (χ0v) is 21.8. The molecule has 2 aromatic carbocycles. The third kappa shape index (κ3) is 5.69. The van der Waals surface area contributed by atoms with Crippen LogP contribution in [0.5, 0.6) is 0 Å². The number of esters is 1. The van der Waals surface area contributed by atoms with E-state index in [4.69, 9.17) is 4.74 Å². The van der Waals surface area contributed by atoms with Gasteiger partial charge in [0.05, 0.1) is 18.2 Å². The van der Waals surface area contributed by atoms with E-state index in [2.05, 4.69) is 20.6 Å². The van der Waals surface area contributed by atoms with Crippen molar-refractivity contribution in [3.05, 3.63) is 84.2 Å². The molecule has 0 spiro atoms. The van der Waals surface area contributed by atoms with Gasteiger partial charge in [-0.3, -0.25) is 19.5 Å². The van der Waals surface area contributed by atoms with Crippen LogP contribution in [0.25, 0.3) is 11.0 Å². The summed E-state index contributed by atoms with van der Waals surface area (Å²) in [7, 11) is 1.28. The number of anilines is 1. The minimum absolute atomic E-state index is 0.190. The summed E-state index contributed by atoms with van der Waals surface area (Å²) in [5.74, 6) is -1.37. The van der Waals surface area contributed by atoms with Crippen LogP contribution in [0, 0.1) is 0 Å². The van der Waals surface area contributed by atoms with Crippen molar-refractivity contribution in [2.24, 2.45) is 0 Å². The third-order valence-corrected chi connectivity index (χ3v) is 6.37. The highest BCUT2D eigenvalue weighted by atomic mass is 16.5. The fourth-order valence-corrected chi connectivity index (χ4v) is 4.02. The van der Waals surface area contributed by atoms with E-state index in [0.29, 0.717) is 28.7 Å². The van der Waals surface area contributed by atoms with Crippen molar-refractivity contribution in [2.75, 3.05) is 12.0 Å². The molecule has 0 bridgehead atoms. The van der Waals surface area contributed by atoms with Crippen LogP contribution in [-0.4, -0.2) is 50.4 Å². The normalized spacial score (nSPS) is 12.1. The number of hydrogen-bond donors (Lipinski definition) is 1. The molecule has 2 amide bonds. The Morgan fingerprint density at radius 3 is 2.58 bits per heavy atom. The number of pyridine rings is 1. The predicted octanol–water partition coefficient (Wildman–Crippen LogP) is 3.69. The van der Waals surface area contributed by atoms with Crippen LogP contribution in [0.15, 0.2) is 73.1 Å². The summed E-state index contributed by atoms with van der Waals surface area (Å²) in [6, 6.07) is 16.1. The Bertz CT molecular complexity index is 1450. The Kier molecular flexibility index (Phi) is 7.80. The number of para-hydroxylation sites is 1. The van der Waals surface area contributed by atoms with Crippen molar-refractivity contribution >= 4 is 34.5 Å². The molecular formula is C28H30N6O4. The van der Waals surface area contributed by atoms with Crippen molar-refractivity contribution in [1.29, 1.82) is 0 Å². The van der Waals surface area contributed by atoms with Gasteiger partial charge in [0.25, 0.3) is 0 Å². The molecule has 0 radical (unpaired) electrons. The van der Waals surface area contributed by atoms with E-state index in [9.17, 15) is 14.4 Å². The molecule has 1 atom stereocenters. The van der Waals surface area contributed by atoms with Gasteiger partial charge >= 0.3 is 5.97 Å². The number of carbonyl (C=O) groups excluding carboxylic acids is 3. The fraction of sp³-hybridized carbons (Fsp3) is 0.286. The zero-order valence-electron chi connectivity index (χ0n) is 21.8. The van der Waals surface area contributed by atoms with Crippen molar-refractivity contribution in [3.63, 3.8) is 0 Å². The fourth-order valence-electron chi connectivity index (χ4n) is 4.02. The first kappa shape index (κ1) is 26.5. The van der Waals surface area contributed by atoms with Gasteiger partial charge in [0.15, 0.2) is 0 Å². The molecule has 38 heavy (non-hydrogen) atoms. The topological polar surface area (TPSA) is 119 Å². The van der Waals surface area contributed by atoms with Gasteiger partial charge in [-0.2, -0.15) is 0 Å². The van der Waals surface area contributed by atoms with E-state index < -0.39 is 23.5 Å². The molecule has 0 saturated heterocycles. The van der Waals surface area contributed by atoms with Gasteiger partial charge in [-0.1, -0.05) is 36.4 Å². The number of carbonyl (C=O) groups is 3. The SMILES string of the molecule is CCC(C)(C)NC(=O)[C@@H](c1cccnc1)N(C(=O)Cn1nnc2ccccc21)c1cccc(C(=O)OC)c1. The van der Waals surface area contributed by atoms with Crippen molar-refractivity contribution in [1.82, 2.24) is 25.3 Å². The lowest BCUT2D eigenvalue weighted by Crippen LogP contribution is -2.51. The van der Waals surface area contributed by atoms with Crippen LogP contribution in [-0.2, 0) is 20.9 Å². The van der Waals surface area contributed by atoms with Gasteiger partial charge in [0, 0.05) is 29.2 Å². The summed E-state index contributed by atoms with van der Waals surface area (Å²) in [5.41, 5.74) is 1.90. The van der Waals surface area contributed by atoms with Gasteiger partial charge < -0.3 is 10.1 Å². The first-order valence-electron chi connectivity index (χ1n) is 12.2. The van der Waals surface area contributed by atoms with E-state index in [0.717, 1.165) is 0 Å². The van der Waals surface area contributed by atoms with Gasteiger partial charge in [0.1, 0.15) is 18.1 Å². The number of methoxy groups -OCH3 is 1. The number of ether oxygens (including phenoxy) is 1. The second kappa shape index (κ2) is 11.2. The number of benzene rings is 2. The van der Waals surface area contributed by atoms with Crippen molar-refractivity contribution in [2.45, 2.75) is 45.3 Å². The first-order valence-corrected chi connectivity index (χ1v) is 12.2. The molecule has 1 N–H and O–H groups in total. The summed E-state index contributed by atoms with van der Waals surface area (Å²) in [6.07, 6.45) is 3.83. The van der Waals surface area contributed by atoms with Crippen LogP contribution in [0.2, 0.25) is 0 Å². The van der Waals surface area contributed by atoms with E-state index >= 15 is 0 Å². The Morgan fingerprint density at radius 1 is 1.08 bits per heavy atom.